The van der Waals surface area contributed by atoms with Crippen LogP contribution < -0.4 is 9.64 Å². The van der Waals surface area contributed by atoms with Crippen molar-refractivity contribution in [3.05, 3.63) is 60.8 Å². The van der Waals surface area contributed by atoms with Gasteiger partial charge in [0.25, 0.3) is 10.1 Å². The third kappa shape index (κ3) is 4.20. The highest BCUT2D eigenvalue weighted by molar-refractivity contribution is 7.85. The molecule has 30 heavy (non-hydrogen) atoms. The third-order valence-electron chi connectivity index (χ3n) is 5.24. The second-order valence-electron chi connectivity index (χ2n) is 7.34. The molecule has 0 fully saturated rings. The fourth-order valence-corrected chi connectivity index (χ4v) is 4.56. The molecule has 2 aromatic rings. The second kappa shape index (κ2) is 8.49. The Kier molecular flexibility index (Phi) is 5.78. The number of allylic oxidation sites excluding steroid dienone is 1. The predicted octanol–water partition coefficient (Wildman–Crippen LogP) is 4.21. The monoisotopic (exact) mass is 427 g/mol. The van der Waals surface area contributed by atoms with Gasteiger partial charge in [0, 0.05) is 19.0 Å². The molecule has 1 N–H and O–H groups in total. The van der Waals surface area contributed by atoms with Gasteiger partial charge in [-0.25, -0.2) is 0 Å². The number of anilines is 2. The van der Waals surface area contributed by atoms with Crippen LogP contribution in [0.3, 0.4) is 0 Å². The highest BCUT2D eigenvalue weighted by Gasteiger charge is 2.37. The molecule has 0 bridgehead atoms. The Bertz CT molecular complexity index is 1020. The Balaban J connectivity index is 1.82. The van der Waals surface area contributed by atoms with Crippen LogP contribution in [0.1, 0.15) is 19.8 Å². The Hall–Kier alpha value is -2.84. The maximum Gasteiger partial charge on any atom is 0.264 e. The molecular weight excluding hydrogens is 402 g/mol. The minimum atomic E-state index is -4.13. The summed E-state index contributed by atoms with van der Waals surface area (Å²) in [7, 11) is -4.13. The summed E-state index contributed by atoms with van der Waals surface area (Å²) in [5.41, 5.74) is 1.69. The van der Waals surface area contributed by atoms with Crippen molar-refractivity contribution in [3.63, 3.8) is 0 Å². The zero-order valence-electron chi connectivity index (χ0n) is 16.8. The number of para-hydroxylation sites is 4. The number of fused-ring (bicyclic) bond motifs is 2. The summed E-state index contributed by atoms with van der Waals surface area (Å²) >= 11 is 0. The summed E-state index contributed by atoms with van der Waals surface area (Å²) in [4.78, 5) is 8.93. The van der Waals surface area contributed by atoms with E-state index in [1.54, 1.807) is 6.21 Å². The average Bonchev–Trinajstić information content (AvgIpc) is 2.73. The smallest absolute Gasteiger partial charge is 0.264 e. The maximum atomic E-state index is 11.6. The van der Waals surface area contributed by atoms with Crippen LogP contribution in [0.25, 0.3) is 0 Å². The molecule has 8 heteroatoms. The number of hydrogen-bond acceptors (Lipinski definition) is 6. The van der Waals surface area contributed by atoms with Gasteiger partial charge in [-0.3, -0.25) is 9.55 Å². The zero-order chi connectivity index (χ0) is 21.1. The fraction of sp³-hybridized carbons (Fsp3) is 0.318. The van der Waals surface area contributed by atoms with Crippen molar-refractivity contribution in [2.24, 2.45) is 4.99 Å². The van der Waals surface area contributed by atoms with Crippen molar-refractivity contribution in [1.29, 1.82) is 0 Å². The number of rotatable bonds is 7. The van der Waals surface area contributed by atoms with E-state index < -0.39 is 10.1 Å². The van der Waals surface area contributed by atoms with Gasteiger partial charge in [0.15, 0.2) is 11.5 Å². The van der Waals surface area contributed by atoms with Crippen molar-refractivity contribution < 1.29 is 17.7 Å². The van der Waals surface area contributed by atoms with E-state index in [1.165, 1.54) is 0 Å². The van der Waals surface area contributed by atoms with Crippen LogP contribution in [0.2, 0.25) is 0 Å². The lowest BCUT2D eigenvalue weighted by atomic mass is 10.0. The molecule has 2 heterocycles. The first kappa shape index (κ1) is 20.4. The Labute approximate surface area is 177 Å². The third-order valence-corrected chi connectivity index (χ3v) is 5.99. The van der Waals surface area contributed by atoms with Crippen LogP contribution in [0.4, 0.5) is 11.4 Å². The van der Waals surface area contributed by atoms with E-state index in [4.69, 9.17) is 9.73 Å². The van der Waals surface area contributed by atoms with Gasteiger partial charge in [-0.1, -0.05) is 31.2 Å². The number of hydrogen-bond donors (Lipinski definition) is 1. The average molecular weight is 428 g/mol. The standard InChI is InChI=1S/C22H25N3O4S/c1-2-14-24-15-7-13-23-22(24)19(12-16-30(26,27)28)25-17-8-3-5-10-20(17)29-21-11-6-4-9-18(21)25/h3-11,13,15,19,22H,2,12,14,16H2,1H3,(H,26,27,28). The van der Waals surface area contributed by atoms with Crippen molar-refractivity contribution >= 4 is 27.7 Å². The highest BCUT2D eigenvalue weighted by atomic mass is 32.2. The van der Waals surface area contributed by atoms with Gasteiger partial charge in [-0.05, 0) is 43.2 Å². The molecule has 2 atom stereocenters. The molecule has 0 aliphatic carbocycles. The number of ether oxygens (including phenoxy) is 1. The molecule has 0 saturated carbocycles. The van der Waals surface area contributed by atoms with Crippen LogP contribution in [-0.2, 0) is 10.1 Å². The molecule has 0 spiro atoms. The Morgan fingerprint density at radius 1 is 1.10 bits per heavy atom. The maximum absolute atomic E-state index is 11.6. The second-order valence-corrected chi connectivity index (χ2v) is 8.91. The normalized spacial score (nSPS) is 18.5. The molecule has 2 aliphatic rings. The zero-order valence-corrected chi connectivity index (χ0v) is 17.6. The number of benzene rings is 2. The van der Waals surface area contributed by atoms with Crippen LogP contribution in [0.15, 0.2) is 65.8 Å². The van der Waals surface area contributed by atoms with Gasteiger partial charge in [0.2, 0.25) is 0 Å². The van der Waals surface area contributed by atoms with E-state index in [9.17, 15) is 13.0 Å². The summed E-state index contributed by atoms with van der Waals surface area (Å²) in [6.07, 6.45) is 6.44. The number of nitrogens with zero attached hydrogens (tertiary/aromatic N) is 3. The van der Waals surface area contributed by atoms with Crippen molar-refractivity contribution in [2.75, 3.05) is 17.2 Å². The first-order valence-corrected chi connectivity index (χ1v) is 11.6. The van der Waals surface area contributed by atoms with E-state index in [0.29, 0.717) is 11.5 Å². The fourth-order valence-electron chi connectivity index (χ4n) is 4.02. The summed E-state index contributed by atoms with van der Waals surface area (Å²) in [5, 5.41) is 0. The van der Waals surface area contributed by atoms with Crippen molar-refractivity contribution in [3.8, 4) is 11.5 Å². The lowest BCUT2D eigenvalue weighted by Crippen LogP contribution is -2.50. The van der Waals surface area contributed by atoms with Crippen LogP contribution in [-0.4, -0.2) is 48.6 Å². The molecule has 0 amide bonds. The molecule has 2 aromatic carbocycles. The summed E-state index contributed by atoms with van der Waals surface area (Å²) < 4.78 is 38.9. The Morgan fingerprint density at radius 3 is 2.33 bits per heavy atom. The van der Waals surface area contributed by atoms with Gasteiger partial charge in [-0.2, -0.15) is 8.42 Å². The van der Waals surface area contributed by atoms with Gasteiger partial charge in [0.05, 0.1) is 23.2 Å². The Morgan fingerprint density at radius 2 is 1.73 bits per heavy atom. The van der Waals surface area contributed by atoms with Gasteiger partial charge >= 0.3 is 0 Å². The predicted molar refractivity (Wildman–Crippen MR) is 118 cm³/mol. The molecule has 4 rings (SSSR count). The van der Waals surface area contributed by atoms with Gasteiger partial charge < -0.3 is 14.5 Å². The van der Waals surface area contributed by atoms with E-state index in [0.717, 1.165) is 24.3 Å². The molecule has 0 saturated heterocycles. The van der Waals surface area contributed by atoms with Gasteiger partial charge in [0.1, 0.15) is 6.17 Å². The minimum absolute atomic E-state index is 0.206. The SMILES string of the molecule is CCCN1C=CC=NC1C(CCS(=O)(=O)O)N1c2ccccc2Oc2ccccc21. The lowest BCUT2D eigenvalue weighted by Gasteiger charge is -2.44. The topological polar surface area (TPSA) is 82.4 Å². The van der Waals surface area contributed by atoms with E-state index in [2.05, 4.69) is 16.7 Å². The summed E-state index contributed by atoms with van der Waals surface area (Å²) in [6, 6.07) is 15.0. The molecule has 0 aromatic heterocycles. The summed E-state index contributed by atoms with van der Waals surface area (Å²) in [6.45, 7) is 2.88. The first-order chi connectivity index (χ1) is 14.5. The molecule has 2 unspecified atom stereocenters. The minimum Gasteiger partial charge on any atom is -0.453 e. The van der Waals surface area contributed by atoms with Crippen molar-refractivity contribution in [2.45, 2.75) is 32.0 Å². The largest absolute Gasteiger partial charge is 0.453 e. The molecule has 0 radical (unpaired) electrons. The molecule has 7 nitrogen and oxygen atoms in total. The van der Waals surface area contributed by atoms with E-state index in [-0.39, 0.29) is 24.4 Å². The van der Waals surface area contributed by atoms with E-state index >= 15 is 0 Å². The van der Waals surface area contributed by atoms with Crippen molar-refractivity contribution in [1.82, 2.24) is 4.90 Å². The molecule has 158 valence electrons. The highest BCUT2D eigenvalue weighted by Crippen LogP contribution is 2.48. The summed E-state index contributed by atoms with van der Waals surface area (Å²) in [5.74, 6) is 1.05. The quantitative estimate of drug-likeness (QED) is 0.667. The van der Waals surface area contributed by atoms with Crippen LogP contribution in [0, 0.1) is 0 Å². The number of aliphatic imine (C=N–C) groups is 1. The molecular formula is C22H25N3O4S. The van der Waals surface area contributed by atoms with Crippen LogP contribution >= 0.6 is 0 Å². The lowest BCUT2D eigenvalue weighted by molar-refractivity contribution is 0.239. The molecule has 2 aliphatic heterocycles. The van der Waals surface area contributed by atoms with E-state index in [1.807, 2.05) is 60.8 Å². The first-order valence-electron chi connectivity index (χ1n) is 10.0. The van der Waals surface area contributed by atoms with Crippen LogP contribution in [0.5, 0.6) is 11.5 Å². The van der Waals surface area contributed by atoms with Gasteiger partial charge in [-0.15, -0.1) is 0 Å².